The third kappa shape index (κ3) is 2.57. The monoisotopic (exact) mass is 289 g/mol. The SMILES string of the molecule is FC(F)(F)c1ccnc(N2CCC3(CC2)OCCO3)n1. The zero-order valence-corrected chi connectivity index (χ0v) is 10.7. The highest BCUT2D eigenvalue weighted by molar-refractivity contribution is 5.32. The Morgan fingerprint density at radius 2 is 1.80 bits per heavy atom. The summed E-state index contributed by atoms with van der Waals surface area (Å²) in [6, 6.07) is 0.873. The first-order valence-corrected chi connectivity index (χ1v) is 6.42. The molecule has 0 bridgehead atoms. The van der Waals surface area contributed by atoms with Gasteiger partial charge in [-0.2, -0.15) is 13.2 Å². The van der Waals surface area contributed by atoms with Gasteiger partial charge in [-0.3, -0.25) is 0 Å². The molecule has 2 aliphatic rings. The van der Waals surface area contributed by atoms with Gasteiger partial charge in [-0.25, -0.2) is 9.97 Å². The molecule has 8 heteroatoms. The zero-order chi connectivity index (χ0) is 14.2. The lowest BCUT2D eigenvalue weighted by molar-refractivity contribution is -0.169. The van der Waals surface area contributed by atoms with Crippen LogP contribution in [0.2, 0.25) is 0 Å². The molecule has 0 radical (unpaired) electrons. The first-order chi connectivity index (χ1) is 9.49. The minimum absolute atomic E-state index is 0.104. The quantitative estimate of drug-likeness (QED) is 0.789. The van der Waals surface area contributed by atoms with Gasteiger partial charge in [-0.1, -0.05) is 0 Å². The molecule has 1 aromatic heterocycles. The first-order valence-electron chi connectivity index (χ1n) is 6.42. The van der Waals surface area contributed by atoms with Crippen LogP contribution in [-0.4, -0.2) is 42.1 Å². The van der Waals surface area contributed by atoms with E-state index in [0.717, 1.165) is 12.3 Å². The normalized spacial score (nSPS) is 22.4. The fraction of sp³-hybridized carbons (Fsp3) is 0.667. The fourth-order valence-electron chi connectivity index (χ4n) is 2.49. The Bertz CT molecular complexity index is 479. The largest absolute Gasteiger partial charge is 0.433 e. The summed E-state index contributed by atoms with van der Waals surface area (Å²) < 4.78 is 49.0. The van der Waals surface area contributed by atoms with Crippen LogP contribution in [0.3, 0.4) is 0 Å². The van der Waals surface area contributed by atoms with E-state index in [9.17, 15) is 13.2 Å². The average Bonchev–Trinajstić information content (AvgIpc) is 2.87. The van der Waals surface area contributed by atoms with Crippen molar-refractivity contribution in [2.75, 3.05) is 31.2 Å². The molecule has 0 amide bonds. The predicted octanol–water partition coefficient (Wildman–Crippen LogP) is 1.84. The molecule has 2 aliphatic heterocycles. The molecule has 2 fully saturated rings. The number of hydrogen-bond acceptors (Lipinski definition) is 5. The van der Waals surface area contributed by atoms with Gasteiger partial charge in [0.05, 0.1) is 13.2 Å². The number of halogens is 3. The lowest BCUT2D eigenvalue weighted by Crippen LogP contribution is -2.45. The summed E-state index contributed by atoms with van der Waals surface area (Å²) in [6.07, 6.45) is -2.11. The summed E-state index contributed by atoms with van der Waals surface area (Å²) in [4.78, 5) is 9.24. The van der Waals surface area contributed by atoms with Crippen molar-refractivity contribution in [2.24, 2.45) is 0 Å². The van der Waals surface area contributed by atoms with Crippen LogP contribution in [0.15, 0.2) is 12.3 Å². The Labute approximate surface area is 113 Å². The molecule has 0 unspecified atom stereocenters. The summed E-state index contributed by atoms with van der Waals surface area (Å²) in [5.74, 6) is -0.453. The van der Waals surface area contributed by atoms with Gasteiger partial charge in [-0.05, 0) is 6.07 Å². The lowest BCUT2D eigenvalue weighted by Gasteiger charge is -2.37. The molecule has 3 heterocycles. The van der Waals surface area contributed by atoms with E-state index in [1.54, 1.807) is 4.90 Å². The Morgan fingerprint density at radius 1 is 1.15 bits per heavy atom. The summed E-state index contributed by atoms with van der Waals surface area (Å²) in [5, 5.41) is 0. The Balaban J connectivity index is 1.72. The molecular formula is C12H14F3N3O2. The minimum atomic E-state index is -4.45. The van der Waals surface area contributed by atoms with Gasteiger partial charge in [-0.15, -0.1) is 0 Å². The van der Waals surface area contributed by atoms with Crippen LogP contribution >= 0.6 is 0 Å². The molecular weight excluding hydrogens is 275 g/mol. The molecule has 1 spiro atoms. The topological polar surface area (TPSA) is 47.5 Å². The molecule has 5 nitrogen and oxygen atoms in total. The lowest BCUT2D eigenvalue weighted by atomic mass is 10.0. The summed E-state index contributed by atoms with van der Waals surface area (Å²) in [5.41, 5.74) is -0.920. The van der Waals surface area contributed by atoms with Crippen molar-refractivity contribution in [1.29, 1.82) is 0 Å². The smallest absolute Gasteiger partial charge is 0.347 e. The molecule has 0 saturated carbocycles. The number of ether oxygens (including phenoxy) is 2. The second-order valence-electron chi connectivity index (χ2n) is 4.83. The van der Waals surface area contributed by atoms with E-state index in [-0.39, 0.29) is 5.95 Å². The molecule has 110 valence electrons. The maximum atomic E-state index is 12.6. The van der Waals surface area contributed by atoms with E-state index >= 15 is 0 Å². The van der Waals surface area contributed by atoms with Crippen molar-refractivity contribution in [1.82, 2.24) is 9.97 Å². The zero-order valence-electron chi connectivity index (χ0n) is 10.7. The third-order valence-electron chi connectivity index (χ3n) is 3.55. The highest BCUT2D eigenvalue weighted by atomic mass is 19.4. The van der Waals surface area contributed by atoms with Crippen molar-refractivity contribution in [3.05, 3.63) is 18.0 Å². The van der Waals surface area contributed by atoms with Gasteiger partial charge in [0.25, 0.3) is 0 Å². The number of nitrogens with zero attached hydrogens (tertiary/aromatic N) is 3. The standard InChI is InChI=1S/C12H14F3N3O2/c13-12(14,15)9-1-4-16-10(17-9)18-5-2-11(3-6-18)19-7-8-20-11/h1,4H,2-3,5-8H2. The number of hydrogen-bond donors (Lipinski definition) is 0. The second-order valence-corrected chi connectivity index (χ2v) is 4.83. The van der Waals surface area contributed by atoms with Crippen LogP contribution < -0.4 is 4.90 Å². The van der Waals surface area contributed by atoms with E-state index in [1.807, 2.05) is 0 Å². The van der Waals surface area contributed by atoms with Gasteiger partial charge < -0.3 is 14.4 Å². The van der Waals surface area contributed by atoms with Crippen LogP contribution in [-0.2, 0) is 15.7 Å². The summed E-state index contributed by atoms with van der Waals surface area (Å²) in [6.45, 7) is 2.17. The molecule has 3 rings (SSSR count). The van der Waals surface area contributed by atoms with Crippen LogP contribution in [0.1, 0.15) is 18.5 Å². The van der Waals surface area contributed by atoms with Crippen molar-refractivity contribution in [3.63, 3.8) is 0 Å². The average molecular weight is 289 g/mol. The first kappa shape index (κ1) is 13.6. The molecule has 0 aliphatic carbocycles. The molecule has 0 aromatic carbocycles. The van der Waals surface area contributed by atoms with Crippen molar-refractivity contribution in [2.45, 2.75) is 24.8 Å². The van der Waals surface area contributed by atoms with Crippen molar-refractivity contribution in [3.8, 4) is 0 Å². The van der Waals surface area contributed by atoms with Crippen LogP contribution in [0.4, 0.5) is 19.1 Å². The number of rotatable bonds is 1. The van der Waals surface area contributed by atoms with Crippen LogP contribution in [0.25, 0.3) is 0 Å². The van der Waals surface area contributed by atoms with Crippen LogP contribution in [0, 0.1) is 0 Å². The number of alkyl halides is 3. The summed E-state index contributed by atoms with van der Waals surface area (Å²) in [7, 11) is 0. The molecule has 0 atom stereocenters. The van der Waals surface area contributed by atoms with E-state index in [1.165, 1.54) is 0 Å². The van der Waals surface area contributed by atoms with Gasteiger partial charge in [0, 0.05) is 32.1 Å². The van der Waals surface area contributed by atoms with Crippen LogP contribution in [0.5, 0.6) is 0 Å². The maximum absolute atomic E-state index is 12.6. The highest BCUT2D eigenvalue weighted by Gasteiger charge is 2.40. The maximum Gasteiger partial charge on any atom is 0.433 e. The van der Waals surface area contributed by atoms with Gasteiger partial charge in [0.15, 0.2) is 5.79 Å². The fourth-order valence-corrected chi connectivity index (χ4v) is 2.49. The number of aromatic nitrogens is 2. The van der Waals surface area contributed by atoms with Gasteiger partial charge >= 0.3 is 6.18 Å². The molecule has 20 heavy (non-hydrogen) atoms. The Morgan fingerprint density at radius 3 is 2.40 bits per heavy atom. The predicted molar refractivity (Wildman–Crippen MR) is 63.1 cm³/mol. The molecule has 0 N–H and O–H groups in total. The van der Waals surface area contributed by atoms with Gasteiger partial charge in [0.1, 0.15) is 5.69 Å². The van der Waals surface area contributed by atoms with E-state index < -0.39 is 17.7 Å². The third-order valence-corrected chi connectivity index (χ3v) is 3.55. The Hall–Kier alpha value is -1.41. The second kappa shape index (κ2) is 4.85. The molecule has 1 aromatic rings. The number of anilines is 1. The van der Waals surface area contributed by atoms with Crippen molar-refractivity contribution < 1.29 is 22.6 Å². The van der Waals surface area contributed by atoms with E-state index in [0.29, 0.717) is 39.1 Å². The van der Waals surface area contributed by atoms with E-state index in [2.05, 4.69) is 9.97 Å². The van der Waals surface area contributed by atoms with E-state index in [4.69, 9.17) is 9.47 Å². The number of piperidine rings is 1. The Kier molecular flexibility index (Phi) is 3.29. The van der Waals surface area contributed by atoms with Crippen molar-refractivity contribution >= 4 is 5.95 Å². The minimum Gasteiger partial charge on any atom is -0.347 e. The summed E-state index contributed by atoms with van der Waals surface area (Å²) >= 11 is 0. The highest BCUT2D eigenvalue weighted by Crippen LogP contribution is 2.33. The van der Waals surface area contributed by atoms with Gasteiger partial charge in [0.2, 0.25) is 5.95 Å². The molecule has 2 saturated heterocycles.